The summed E-state index contributed by atoms with van der Waals surface area (Å²) in [7, 11) is 0. The van der Waals surface area contributed by atoms with Gasteiger partial charge in [0.15, 0.2) is 4.80 Å². The molecule has 138 valence electrons. The zero-order valence-corrected chi connectivity index (χ0v) is 16.9. The minimum absolute atomic E-state index is 0.0572. The van der Waals surface area contributed by atoms with Gasteiger partial charge in [-0.2, -0.15) is 4.99 Å². The van der Waals surface area contributed by atoms with Gasteiger partial charge in [-0.3, -0.25) is 9.59 Å². The average molecular weight is 412 g/mol. The molecule has 1 fully saturated rings. The molecule has 0 atom stereocenters. The Balaban J connectivity index is 1.94. The van der Waals surface area contributed by atoms with Crippen molar-refractivity contribution in [2.75, 3.05) is 13.1 Å². The largest absolute Gasteiger partial charge is 0.341 e. The summed E-state index contributed by atoms with van der Waals surface area (Å²) >= 11 is 13.4. The van der Waals surface area contributed by atoms with Gasteiger partial charge in [0.1, 0.15) is 6.54 Å². The van der Waals surface area contributed by atoms with Gasteiger partial charge in [0.2, 0.25) is 5.91 Å². The number of hydrogen-bond acceptors (Lipinski definition) is 3. The second-order valence-corrected chi connectivity index (χ2v) is 8.27. The number of amides is 2. The Labute approximate surface area is 165 Å². The van der Waals surface area contributed by atoms with Gasteiger partial charge in [-0.1, -0.05) is 23.2 Å². The summed E-state index contributed by atoms with van der Waals surface area (Å²) in [5, 5.41) is 0.719. The van der Waals surface area contributed by atoms with Gasteiger partial charge >= 0.3 is 0 Å². The van der Waals surface area contributed by atoms with Crippen LogP contribution in [-0.2, 0) is 11.3 Å². The van der Waals surface area contributed by atoms with Crippen molar-refractivity contribution in [3.05, 3.63) is 49.2 Å². The molecular weight excluding hydrogens is 393 g/mol. The highest BCUT2D eigenvalue weighted by Gasteiger charge is 2.20. The molecule has 2 heterocycles. The highest BCUT2D eigenvalue weighted by atomic mass is 35.5. The Hall–Kier alpha value is -1.63. The van der Waals surface area contributed by atoms with E-state index in [1.54, 1.807) is 12.1 Å². The minimum atomic E-state index is -0.449. The molecule has 0 spiro atoms. The quantitative estimate of drug-likeness (QED) is 0.770. The van der Waals surface area contributed by atoms with Crippen LogP contribution in [-0.4, -0.2) is 34.4 Å². The van der Waals surface area contributed by atoms with Crippen LogP contribution in [0.2, 0.25) is 10.0 Å². The maximum atomic E-state index is 12.6. The van der Waals surface area contributed by atoms with Crippen molar-refractivity contribution in [3.8, 4) is 0 Å². The van der Waals surface area contributed by atoms with Crippen LogP contribution in [0.5, 0.6) is 0 Å². The molecule has 1 saturated heterocycles. The Morgan fingerprint density at radius 1 is 1.19 bits per heavy atom. The molecule has 1 aromatic heterocycles. The monoisotopic (exact) mass is 411 g/mol. The summed E-state index contributed by atoms with van der Waals surface area (Å²) in [5.41, 5.74) is 1.23. The van der Waals surface area contributed by atoms with Gasteiger partial charge in [-0.15, -0.1) is 11.3 Å². The molecule has 1 aliphatic rings. The van der Waals surface area contributed by atoms with Crippen LogP contribution in [0.1, 0.15) is 33.8 Å². The van der Waals surface area contributed by atoms with Gasteiger partial charge < -0.3 is 9.47 Å². The molecule has 0 N–H and O–H groups in total. The normalized spacial score (nSPS) is 14.9. The van der Waals surface area contributed by atoms with E-state index in [1.807, 2.05) is 23.3 Å². The van der Waals surface area contributed by atoms with Crippen molar-refractivity contribution in [2.45, 2.75) is 33.2 Å². The SMILES string of the molecule is Cc1sc(=NC(=O)c2ccc(Cl)cc2Cl)n(CC(=O)N2CCCC2)c1C. The lowest BCUT2D eigenvalue weighted by Crippen LogP contribution is -2.34. The Morgan fingerprint density at radius 3 is 2.54 bits per heavy atom. The maximum absolute atomic E-state index is 12.6. The number of halogens is 2. The molecule has 0 aliphatic carbocycles. The minimum Gasteiger partial charge on any atom is -0.341 e. The molecule has 0 bridgehead atoms. The van der Waals surface area contributed by atoms with Crippen LogP contribution >= 0.6 is 34.5 Å². The Bertz CT molecular complexity index is 927. The summed E-state index contributed by atoms with van der Waals surface area (Å²) < 4.78 is 1.81. The van der Waals surface area contributed by atoms with Crippen LogP contribution in [0.25, 0.3) is 0 Å². The fourth-order valence-corrected chi connectivity index (χ4v) is 4.34. The number of rotatable bonds is 3. The molecular formula is C18H19Cl2N3O2S. The molecule has 2 aromatic rings. The second kappa shape index (κ2) is 7.94. The smallest absolute Gasteiger partial charge is 0.281 e. The lowest BCUT2D eigenvalue weighted by Gasteiger charge is -2.16. The molecule has 1 aromatic carbocycles. The predicted octanol–water partition coefficient (Wildman–Crippen LogP) is 3.84. The Morgan fingerprint density at radius 2 is 1.88 bits per heavy atom. The van der Waals surface area contributed by atoms with Crippen molar-refractivity contribution in [2.24, 2.45) is 4.99 Å². The fourth-order valence-electron chi connectivity index (χ4n) is 2.88. The summed E-state index contributed by atoms with van der Waals surface area (Å²) in [6, 6.07) is 4.68. The first-order valence-electron chi connectivity index (χ1n) is 8.35. The first-order valence-corrected chi connectivity index (χ1v) is 9.93. The lowest BCUT2D eigenvalue weighted by molar-refractivity contribution is -0.130. The number of likely N-dealkylation sites (tertiary alicyclic amines) is 1. The Kier molecular flexibility index (Phi) is 5.85. The number of benzene rings is 1. The van der Waals surface area contributed by atoms with Gasteiger partial charge in [0.05, 0.1) is 10.6 Å². The summed E-state index contributed by atoms with van der Waals surface area (Å²) in [6.45, 7) is 5.68. The zero-order chi connectivity index (χ0) is 18.8. The van der Waals surface area contributed by atoms with Crippen molar-refractivity contribution >= 4 is 46.4 Å². The standard InChI is InChI=1S/C18H19Cl2N3O2S/c1-11-12(2)26-18(23(11)10-16(24)22-7-3-4-8-22)21-17(25)14-6-5-13(19)9-15(14)20/h5-6,9H,3-4,7-8,10H2,1-2H3. The van der Waals surface area contributed by atoms with Crippen LogP contribution < -0.4 is 4.80 Å². The number of nitrogens with zero attached hydrogens (tertiary/aromatic N) is 3. The number of aromatic nitrogens is 1. The van der Waals surface area contributed by atoms with Gasteiger partial charge in [0, 0.05) is 28.7 Å². The van der Waals surface area contributed by atoms with Crippen molar-refractivity contribution in [3.63, 3.8) is 0 Å². The highest BCUT2D eigenvalue weighted by molar-refractivity contribution is 7.09. The van der Waals surface area contributed by atoms with Crippen LogP contribution in [0.4, 0.5) is 0 Å². The van der Waals surface area contributed by atoms with Gasteiger partial charge in [-0.05, 0) is 44.9 Å². The molecule has 5 nitrogen and oxygen atoms in total. The van der Waals surface area contributed by atoms with E-state index < -0.39 is 5.91 Å². The van der Waals surface area contributed by atoms with Gasteiger partial charge in [-0.25, -0.2) is 0 Å². The van der Waals surface area contributed by atoms with Crippen molar-refractivity contribution < 1.29 is 9.59 Å². The van der Waals surface area contributed by atoms with E-state index in [-0.39, 0.29) is 23.0 Å². The molecule has 26 heavy (non-hydrogen) atoms. The maximum Gasteiger partial charge on any atom is 0.281 e. The number of thiazole rings is 1. The summed E-state index contributed by atoms with van der Waals surface area (Å²) in [4.78, 5) is 32.7. The van der Waals surface area contributed by atoms with E-state index in [9.17, 15) is 9.59 Å². The number of carbonyl (C=O) groups is 2. The topological polar surface area (TPSA) is 54.7 Å². The fraction of sp³-hybridized carbons (Fsp3) is 0.389. The van der Waals surface area contributed by atoms with Gasteiger partial charge in [0.25, 0.3) is 5.91 Å². The van der Waals surface area contributed by atoms with E-state index in [0.29, 0.717) is 9.82 Å². The summed E-state index contributed by atoms with van der Waals surface area (Å²) in [5.74, 6) is -0.392. The third kappa shape index (κ3) is 4.03. The first kappa shape index (κ1) is 19.1. The zero-order valence-electron chi connectivity index (χ0n) is 14.6. The molecule has 1 aliphatic heterocycles. The first-order chi connectivity index (χ1) is 12.4. The number of aryl methyl sites for hydroxylation is 1. The van der Waals surface area contributed by atoms with E-state index in [0.717, 1.165) is 36.5 Å². The number of hydrogen-bond donors (Lipinski definition) is 0. The van der Waals surface area contributed by atoms with Crippen molar-refractivity contribution in [1.82, 2.24) is 9.47 Å². The van der Waals surface area contributed by atoms with E-state index in [1.165, 1.54) is 17.4 Å². The average Bonchev–Trinajstić information content (AvgIpc) is 3.20. The molecule has 0 saturated carbocycles. The van der Waals surface area contributed by atoms with Crippen molar-refractivity contribution in [1.29, 1.82) is 0 Å². The molecule has 2 amide bonds. The molecule has 8 heteroatoms. The highest BCUT2D eigenvalue weighted by Crippen LogP contribution is 2.21. The van der Waals surface area contributed by atoms with E-state index in [4.69, 9.17) is 23.2 Å². The third-order valence-corrected chi connectivity index (χ3v) is 6.14. The van der Waals surface area contributed by atoms with E-state index >= 15 is 0 Å². The molecule has 0 radical (unpaired) electrons. The predicted molar refractivity (Wildman–Crippen MR) is 104 cm³/mol. The van der Waals surface area contributed by atoms with Crippen LogP contribution in [0, 0.1) is 13.8 Å². The lowest BCUT2D eigenvalue weighted by atomic mass is 10.2. The van der Waals surface area contributed by atoms with E-state index in [2.05, 4.69) is 4.99 Å². The third-order valence-electron chi connectivity index (χ3n) is 4.50. The molecule has 3 rings (SSSR count). The summed E-state index contributed by atoms with van der Waals surface area (Å²) in [6.07, 6.45) is 2.09. The number of carbonyl (C=O) groups excluding carboxylic acids is 2. The second-order valence-electron chi connectivity index (χ2n) is 6.24. The van der Waals surface area contributed by atoms with Crippen LogP contribution in [0.15, 0.2) is 23.2 Å². The van der Waals surface area contributed by atoms with Crippen LogP contribution in [0.3, 0.4) is 0 Å². The molecule has 0 unspecified atom stereocenters.